The molecule has 0 spiro atoms. The van der Waals surface area contributed by atoms with Crippen LogP contribution in [0.5, 0.6) is 5.75 Å². The minimum Gasteiger partial charge on any atom is -0.490 e. The lowest BCUT2D eigenvalue weighted by molar-refractivity contribution is 0.0730. The molecule has 2 aromatic rings. The molecular weight excluding hydrogens is 476 g/mol. The zero-order valence-electron chi connectivity index (χ0n) is 16.5. The zero-order chi connectivity index (χ0) is 21.6. The fraction of sp³-hybridized carbons (Fsp3) is 0.350. The number of anilines is 1. The molecule has 8 nitrogen and oxygen atoms in total. The average molecular weight is 499 g/mol. The first kappa shape index (κ1) is 22.7. The van der Waals surface area contributed by atoms with Crippen molar-refractivity contribution in [3.63, 3.8) is 0 Å². The Hall–Kier alpha value is -1.98. The van der Waals surface area contributed by atoms with E-state index < -0.39 is 10.0 Å². The highest BCUT2D eigenvalue weighted by Gasteiger charge is 2.26. The van der Waals surface area contributed by atoms with E-state index in [0.29, 0.717) is 61.0 Å². The van der Waals surface area contributed by atoms with Gasteiger partial charge in [-0.1, -0.05) is 0 Å². The van der Waals surface area contributed by atoms with Crippen LogP contribution in [0.4, 0.5) is 5.69 Å². The Kier molecular flexibility index (Phi) is 7.84. The number of morpholine rings is 1. The molecule has 0 saturated carbocycles. The van der Waals surface area contributed by atoms with E-state index in [0.717, 1.165) is 0 Å². The van der Waals surface area contributed by atoms with Gasteiger partial charge in [0.1, 0.15) is 12.4 Å². The van der Waals surface area contributed by atoms with E-state index in [9.17, 15) is 13.2 Å². The molecule has 162 valence electrons. The molecule has 2 aromatic carbocycles. The molecule has 1 saturated heterocycles. The summed E-state index contributed by atoms with van der Waals surface area (Å²) in [6.07, 6.45) is 0. The van der Waals surface area contributed by atoms with Crippen molar-refractivity contribution >= 4 is 37.5 Å². The summed E-state index contributed by atoms with van der Waals surface area (Å²) in [5.74, 6) is 0.296. The van der Waals surface area contributed by atoms with Crippen molar-refractivity contribution in [1.82, 2.24) is 4.31 Å². The molecular formula is C20H23BrN2O6S. The Labute approximate surface area is 184 Å². The standard InChI is InChI=1S/C20H23BrN2O6S/c1-27-12-13-29-19-7-2-15(14-18(19)21)20(24)22-16-3-5-17(6-4-16)30(25,26)23-8-10-28-11-9-23/h2-7,14H,8-13H2,1H3,(H,22,24). The summed E-state index contributed by atoms with van der Waals surface area (Å²) >= 11 is 3.40. The lowest BCUT2D eigenvalue weighted by Crippen LogP contribution is -2.40. The second-order valence-corrected chi connectivity index (χ2v) is 9.27. The minimum absolute atomic E-state index is 0.183. The van der Waals surface area contributed by atoms with E-state index >= 15 is 0 Å². The van der Waals surface area contributed by atoms with Gasteiger partial charge >= 0.3 is 0 Å². The first-order chi connectivity index (χ1) is 14.4. The highest BCUT2D eigenvalue weighted by Crippen LogP contribution is 2.27. The number of methoxy groups -OCH3 is 1. The van der Waals surface area contributed by atoms with Gasteiger partial charge in [-0.25, -0.2) is 8.42 Å². The van der Waals surface area contributed by atoms with Gasteiger partial charge in [0.25, 0.3) is 5.91 Å². The maximum Gasteiger partial charge on any atom is 0.255 e. The maximum atomic E-state index is 12.7. The minimum atomic E-state index is -3.57. The molecule has 0 atom stereocenters. The molecule has 1 amide bonds. The molecule has 0 aliphatic carbocycles. The van der Waals surface area contributed by atoms with Crippen molar-refractivity contribution in [3.05, 3.63) is 52.5 Å². The van der Waals surface area contributed by atoms with Crippen molar-refractivity contribution < 1.29 is 27.4 Å². The first-order valence-corrected chi connectivity index (χ1v) is 11.6. The average Bonchev–Trinajstić information content (AvgIpc) is 2.76. The van der Waals surface area contributed by atoms with Crippen LogP contribution in [0.15, 0.2) is 51.8 Å². The number of carbonyl (C=O) groups excluding carboxylic acids is 1. The maximum absolute atomic E-state index is 12.7. The van der Waals surface area contributed by atoms with Crippen LogP contribution in [0, 0.1) is 0 Å². The number of ether oxygens (including phenoxy) is 3. The number of amides is 1. The fourth-order valence-electron chi connectivity index (χ4n) is 2.84. The van der Waals surface area contributed by atoms with Gasteiger partial charge in [0.15, 0.2) is 0 Å². The Bertz CT molecular complexity index is 975. The van der Waals surface area contributed by atoms with Gasteiger partial charge in [0.05, 0.1) is 29.2 Å². The molecule has 10 heteroatoms. The fourth-order valence-corrected chi connectivity index (χ4v) is 4.74. The Morgan fingerprint density at radius 1 is 1.13 bits per heavy atom. The third-order valence-corrected chi connectivity index (χ3v) is 6.99. The number of carbonyl (C=O) groups is 1. The number of sulfonamides is 1. The third kappa shape index (κ3) is 5.58. The van der Waals surface area contributed by atoms with E-state index in [4.69, 9.17) is 14.2 Å². The summed E-state index contributed by atoms with van der Waals surface area (Å²) in [5, 5.41) is 2.77. The van der Waals surface area contributed by atoms with Crippen LogP contribution in [0.1, 0.15) is 10.4 Å². The van der Waals surface area contributed by atoms with E-state index in [1.54, 1.807) is 37.4 Å². The topological polar surface area (TPSA) is 94.2 Å². The third-order valence-electron chi connectivity index (χ3n) is 4.46. The van der Waals surface area contributed by atoms with Gasteiger partial charge in [-0.2, -0.15) is 4.31 Å². The van der Waals surface area contributed by atoms with Gasteiger partial charge < -0.3 is 19.5 Å². The number of nitrogens with one attached hydrogen (secondary N) is 1. The molecule has 0 unspecified atom stereocenters. The van der Waals surface area contributed by atoms with Crippen LogP contribution in [-0.2, 0) is 19.5 Å². The van der Waals surface area contributed by atoms with E-state index in [-0.39, 0.29) is 10.8 Å². The summed E-state index contributed by atoms with van der Waals surface area (Å²) in [4.78, 5) is 12.7. The monoisotopic (exact) mass is 498 g/mol. The van der Waals surface area contributed by atoms with Crippen molar-refractivity contribution in [2.24, 2.45) is 0 Å². The second kappa shape index (κ2) is 10.4. The number of hydrogen-bond donors (Lipinski definition) is 1. The summed E-state index contributed by atoms with van der Waals surface area (Å²) in [7, 11) is -1.97. The molecule has 1 aliphatic rings. The lowest BCUT2D eigenvalue weighted by Gasteiger charge is -2.26. The van der Waals surface area contributed by atoms with Crippen molar-refractivity contribution in [2.45, 2.75) is 4.90 Å². The van der Waals surface area contributed by atoms with Crippen molar-refractivity contribution in [2.75, 3.05) is 51.9 Å². The zero-order valence-corrected chi connectivity index (χ0v) is 18.9. The predicted molar refractivity (Wildman–Crippen MR) is 115 cm³/mol. The van der Waals surface area contributed by atoms with Crippen molar-refractivity contribution in [3.8, 4) is 5.75 Å². The van der Waals surface area contributed by atoms with E-state index in [2.05, 4.69) is 21.2 Å². The van der Waals surface area contributed by atoms with Crippen LogP contribution < -0.4 is 10.1 Å². The Morgan fingerprint density at radius 3 is 2.47 bits per heavy atom. The van der Waals surface area contributed by atoms with Gasteiger partial charge in [-0.3, -0.25) is 4.79 Å². The molecule has 0 bridgehead atoms. The molecule has 1 N–H and O–H groups in total. The molecule has 30 heavy (non-hydrogen) atoms. The molecule has 1 fully saturated rings. The van der Waals surface area contributed by atoms with Crippen LogP contribution in [-0.4, -0.2) is 65.3 Å². The van der Waals surface area contributed by atoms with Gasteiger partial charge in [0.2, 0.25) is 10.0 Å². The summed E-state index contributed by atoms with van der Waals surface area (Å²) < 4.78 is 43.1. The Morgan fingerprint density at radius 2 is 1.83 bits per heavy atom. The van der Waals surface area contributed by atoms with Crippen LogP contribution >= 0.6 is 15.9 Å². The smallest absolute Gasteiger partial charge is 0.255 e. The first-order valence-electron chi connectivity index (χ1n) is 9.32. The van der Waals surface area contributed by atoms with Gasteiger partial charge in [-0.15, -0.1) is 0 Å². The predicted octanol–water partition coefficient (Wildman–Crippen LogP) is 2.75. The molecule has 0 radical (unpaired) electrons. The lowest BCUT2D eigenvalue weighted by atomic mass is 10.2. The normalized spacial score (nSPS) is 15.0. The SMILES string of the molecule is COCCOc1ccc(C(=O)Nc2ccc(S(=O)(=O)N3CCOCC3)cc2)cc1Br. The summed E-state index contributed by atoms with van der Waals surface area (Å²) in [6.45, 7) is 2.31. The van der Waals surface area contributed by atoms with Crippen molar-refractivity contribution in [1.29, 1.82) is 0 Å². The van der Waals surface area contributed by atoms with Crippen LogP contribution in [0.2, 0.25) is 0 Å². The second-order valence-electron chi connectivity index (χ2n) is 6.48. The summed E-state index contributed by atoms with van der Waals surface area (Å²) in [6, 6.07) is 11.1. The van der Waals surface area contributed by atoms with E-state index in [1.807, 2.05) is 0 Å². The highest BCUT2D eigenvalue weighted by molar-refractivity contribution is 9.10. The molecule has 1 heterocycles. The largest absolute Gasteiger partial charge is 0.490 e. The quantitative estimate of drug-likeness (QED) is 0.562. The number of nitrogens with zero attached hydrogens (tertiary/aromatic N) is 1. The summed E-state index contributed by atoms with van der Waals surface area (Å²) in [5.41, 5.74) is 0.934. The molecule has 3 rings (SSSR count). The molecule has 1 aliphatic heterocycles. The highest BCUT2D eigenvalue weighted by atomic mass is 79.9. The molecule has 0 aromatic heterocycles. The number of halogens is 1. The van der Waals surface area contributed by atoms with Crippen LogP contribution in [0.3, 0.4) is 0 Å². The number of hydrogen-bond acceptors (Lipinski definition) is 6. The van der Waals surface area contributed by atoms with E-state index in [1.165, 1.54) is 16.4 Å². The Balaban J connectivity index is 1.65. The number of rotatable bonds is 8. The van der Waals surface area contributed by atoms with Gasteiger partial charge in [-0.05, 0) is 58.4 Å². The number of benzene rings is 2. The van der Waals surface area contributed by atoms with Crippen LogP contribution in [0.25, 0.3) is 0 Å². The van der Waals surface area contributed by atoms with Gasteiger partial charge in [0, 0.05) is 31.5 Å².